The first-order valence-electron chi connectivity index (χ1n) is 10.5. The Hall–Kier alpha value is -2.72. The second-order valence-corrected chi connectivity index (χ2v) is 9.92. The molecule has 0 radical (unpaired) electrons. The Morgan fingerprint density at radius 1 is 1.06 bits per heavy atom. The fourth-order valence-electron chi connectivity index (χ4n) is 3.60. The van der Waals surface area contributed by atoms with Crippen LogP contribution in [-0.2, 0) is 31.0 Å². The first kappa shape index (κ1) is 23.9. The molecule has 1 aromatic carbocycles. The third-order valence-electron chi connectivity index (χ3n) is 5.65. The molecule has 0 N–H and O–H groups in total. The van der Waals surface area contributed by atoms with Crippen molar-refractivity contribution in [2.24, 2.45) is 0 Å². The maximum Gasteiger partial charge on any atom is 0.306 e. The first-order valence-corrected chi connectivity index (χ1v) is 12.0. The number of rotatable bonds is 7. The van der Waals surface area contributed by atoms with Gasteiger partial charge in [0, 0.05) is 32.6 Å². The Balaban J connectivity index is 1.48. The summed E-state index contributed by atoms with van der Waals surface area (Å²) in [6, 6.07) is 5.35. The van der Waals surface area contributed by atoms with Crippen molar-refractivity contribution in [3.63, 3.8) is 0 Å². The van der Waals surface area contributed by atoms with Gasteiger partial charge in [0.2, 0.25) is 15.9 Å². The molecule has 10 heteroatoms. The highest BCUT2D eigenvalue weighted by atomic mass is 32.2. The molecule has 9 nitrogen and oxygen atoms in total. The molecule has 0 saturated carbocycles. The number of piperazine rings is 1. The molecule has 0 bridgehead atoms. The Morgan fingerprint density at radius 3 is 2.38 bits per heavy atom. The summed E-state index contributed by atoms with van der Waals surface area (Å²) in [4.78, 5) is 26.4. The van der Waals surface area contributed by atoms with Crippen LogP contribution < -0.4 is 0 Å². The van der Waals surface area contributed by atoms with Gasteiger partial charge >= 0.3 is 5.97 Å². The van der Waals surface area contributed by atoms with Crippen LogP contribution >= 0.6 is 0 Å². The number of carbonyl (C=O) groups is 2. The van der Waals surface area contributed by atoms with Crippen molar-refractivity contribution in [2.75, 3.05) is 26.2 Å². The lowest BCUT2D eigenvalue weighted by atomic mass is 10.2. The van der Waals surface area contributed by atoms with E-state index in [0.29, 0.717) is 21.9 Å². The van der Waals surface area contributed by atoms with Gasteiger partial charge in [-0.2, -0.15) is 4.31 Å². The van der Waals surface area contributed by atoms with Gasteiger partial charge in [-0.3, -0.25) is 9.59 Å². The molecule has 1 fully saturated rings. The lowest BCUT2D eigenvalue weighted by molar-refractivity contribution is -0.147. The van der Waals surface area contributed by atoms with E-state index in [9.17, 15) is 18.0 Å². The predicted octanol–water partition coefficient (Wildman–Crippen LogP) is 2.26. The summed E-state index contributed by atoms with van der Waals surface area (Å²) in [5.41, 5.74) is 2.97. The van der Waals surface area contributed by atoms with Crippen LogP contribution in [0.25, 0.3) is 0 Å². The van der Waals surface area contributed by atoms with Crippen molar-refractivity contribution in [3.05, 3.63) is 46.3 Å². The molecule has 3 rings (SSSR count). The van der Waals surface area contributed by atoms with E-state index in [2.05, 4.69) is 5.16 Å². The van der Waals surface area contributed by atoms with Gasteiger partial charge in [0.25, 0.3) is 0 Å². The number of aromatic nitrogens is 1. The normalized spacial score (nSPS) is 15.1. The molecule has 0 atom stereocenters. The number of ether oxygens (including phenoxy) is 1. The largest absolute Gasteiger partial charge is 0.461 e. The molecule has 0 spiro atoms. The van der Waals surface area contributed by atoms with Crippen LogP contribution in [0.4, 0.5) is 0 Å². The Kier molecular flexibility index (Phi) is 7.35. The Labute approximate surface area is 188 Å². The van der Waals surface area contributed by atoms with Crippen molar-refractivity contribution in [1.82, 2.24) is 14.4 Å². The molecule has 0 aliphatic carbocycles. The smallest absolute Gasteiger partial charge is 0.306 e. The zero-order valence-electron chi connectivity index (χ0n) is 18.9. The second kappa shape index (κ2) is 9.83. The molecule has 1 aliphatic heterocycles. The van der Waals surface area contributed by atoms with Gasteiger partial charge in [0.15, 0.2) is 0 Å². The average molecular weight is 464 g/mol. The van der Waals surface area contributed by atoms with Crippen molar-refractivity contribution in [2.45, 2.75) is 52.0 Å². The third kappa shape index (κ3) is 5.36. The highest BCUT2D eigenvalue weighted by Crippen LogP contribution is 2.22. The zero-order chi connectivity index (χ0) is 23.5. The van der Waals surface area contributed by atoms with Gasteiger partial charge < -0.3 is 14.2 Å². The summed E-state index contributed by atoms with van der Waals surface area (Å²) in [7, 11) is -3.62. The van der Waals surface area contributed by atoms with Crippen LogP contribution in [0.5, 0.6) is 0 Å². The van der Waals surface area contributed by atoms with Crippen LogP contribution in [0.2, 0.25) is 0 Å². The van der Waals surface area contributed by atoms with Crippen molar-refractivity contribution in [3.8, 4) is 0 Å². The van der Waals surface area contributed by atoms with Crippen molar-refractivity contribution < 1.29 is 27.3 Å². The zero-order valence-corrected chi connectivity index (χ0v) is 19.7. The maximum atomic E-state index is 13.0. The fraction of sp³-hybridized carbons (Fsp3) is 0.500. The summed E-state index contributed by atoms with van der Waals surface area (Å²) in [5.74, 6) is -0.0717. The molecule has 2 aromatic rings. The number of hydrogen-bond acceptors (Lipinski definition) is 7. The molecule has 1 aromatic heterocycles. The SMILES string of the molecule is Cc1ccc(C)c(S(=O)(=O)N2CCN(C(=O)CCC(=O)OCc3c(C)noc3C)CC2)c1. The molecular formula is C22H29N3O6S. The van der Waals surface area contributed by atoms with Gasteiger partial charge in [0.05, 0.1) is 22.6 Å². The molecular weight excluding hydrogens is 434 g/mol. The van der Waals surface area contributed by atoms with Crippen LogP contribution in [0.1, 0.15) is 41.0 Å². The van der Waals surface area contributed by atoms with E-state index in [1.54, 1.807) is 37.8 Å². The number of nitrogens with zero attached hydrogens (tertiary/aromatic N) is 3. The molecule has 0 unspecified atom stereocenters. The summed E-state index contributed by atoms with van der Waals surface area (Å²) >= 11 is 0. The van der Waals surface area contributed by atoms with E-state index in [1.165, 1.54) is 4.31 Å². The van der Waals surface area contributed by atoms with E-state index in [4.69, 9.17) is 9.26 Å². The summed E-state index contributed by atoms with van der Waals surface area (Å²) in [5, 5.41) is 3.81. The molecule has 1 amide bonds. The monoisotopic (exact) mass is 463 g/mol. The summed E-state index contributed by atoms with van der Waals surface area (Å²) in [6.45, 7) is 8.22. The van der Waals surface area contributed by atoms with Crippen molar-refractivity contribution in [1.29, 1.82) is 0 Å². The minimum atomic E-state index is -3.62. The number of benzene rings is 1. The van der Waals surface area contributed by atoms with Gasteiger partial charge in [-0.05, 0) is 44.9 Å². The Morgan fingerprint density at radius 2 is 1.75 bits per heavy atom. The second-order valence-electron chi connectivity index (χ2n) is 8.02. The van der Waals surface area contributed by atoms with Gasteiger partial charge in [-0.25, -0.2) is 8.42 Å². The number of sulfonamides is 1. The Bertz CT molecular complexity index is 1080. The van der Waals surface area contributed by atoms with Crippen LogP contribution in [0, 0.1) is 27.7 Å². The average Bonchev–Trinajstić information content (AvgIpc) is 3.09. The summed E-state index contributed by atoms with van der Waals surface area (Å²) in [6.07, 6.45) is -0.0205. The van der Waals surface area contributed by atoms with E-state index >= 15 is 0 Å². The number of carbonyl (C=O) groups excluding carboxylic acids is 2. The summed E-state index contributed by atoms with van der Waals surface area (Å²) < 4.78 is 37.7. The van der Waals surface area contributed by atoms with E-state index < -0.39 is 16.0 Å². The topological polar surface area (TPSA) is 110 Å². The van der Waals surface area contributed by atoms with E-state index in [1.807, 2.05) is 13.0 Å². The van der Waals surface area contributed by atoms with Crippen LogP contribution in [-0.4, -0.2) is 60.8 Å². The third-order valence-corrected chi connectivity index (χ3v) is 7.70. The molecule has 32 heavy (non-hydrogen) atoms. The predicted molar refractivity (Wildman–Crippen MR) is 116 cm³/mol. The fourth-order valence-corrected chi connectivity index (χ4v) is 5.33. The lowest BCUT2D eigenvalue weighted by Gasteiger charge is -2.34. The molecule has 1 saturated heterocycles. The van der Waals surface area contributed by atoms with E-state index in [-0.39, 0.29) is 51.5 Å². The minimum Gasteiger partial charge on any atom is -0.461 e. The van der Waals surface area contributed by atoms with Gasteiger partial charge in [-0.1, -0.05) is 17.3 Å². The van der Waals surface area contributed by atoms with Crippen LogP contribution in [0.3, 0.4) is 0 Å². The standard InChI is InChI=1S/C22H29N3O6S/c1-15-5-6-16(2)20(13-15)32(28,29)25-11-9-24(10-12-25)21(26)7-8-22(27)30-14-19-17(3)23-31-18(19)4/h5-6,13H,7-12,14H2,1-4H3. The number of esters is 1. The maximum absolute atomic E-state index is 13.0. The molecule has 2 heterocycles. The number of hydrogen-bond donors (Lipinski definition) is 0. The number of aryl methyl sites for hydroxylation is 4. The highest BCUT2D eigenvalue weighted by molar-refractivity contribution is 7.89. The quantitative estimate of drug-likeness (QED) is 0.579. The van der Waals surface area contributed by atoms with Gasteiger partial charge in [-0.15, -0.1) is 0 Å². The molecule has 1 aliphatic rings. The van der Waals surface area contributed by atoms with Crippen molar-refractivity contribution >= 4 is 21.9 Å². The lowest BCUT2D eigenvalue weighted by Crippen LogP contribution is -2.50. The highest BCUT2D eigenvalue weighted by Gasteiger charge is 2.31. The minimum absolute atomic E-state index is 0.0180. The van der Waals surface area contributed by atoms with E-state index in [0.717, 1.165) is 11.1 Å². The number of amides is 1. The van der Waals surface area contributed by atoms with Gasteiger partial charge in [0.1, 0.15) is 12.4 Å². The first-order chi connectivity index (χ1) is 15.1. The van der Waals surface area contributed by atoms with Crippen LogP contribution in [0.15, 0.2) is 27.6 Å². The molecule has 174 valence electrons.